The Morgan fingerprint density at radius 1 is 1.12 bits per heavy atom. The van der Waals surface area contributed by atoms with Gasteiger partial charge >= 0.3 is 0 Å². The minimum Gasteiger partial charge on any atom is -0.484 e. The maximum absolute atomic E-state index is 11.9. The molecule has 1 aromatic heterocycles. The van der Waals surface area contributed by atoms with Crippen LogP contribution >= 0.6 is 15.9 Å². The lowest BCUT2D eigenvalue weighted by molar-refractivity contribution is -0.123. The molecular formula is C17H15BrN4O2. The molecular weight excluding hydrogens is 372 g/mol. The zero-order valence-electron chi connectivity index (χ0n) is 12.7. The van der Waals surface area contributed by atoms with Crippen molar-refractivity contribution in [1.82, 2.24) is 20.1 Å². The number of aromatic nitrogens is 3. The predicted octanol–water partition coefficient (Wildman–Crippen LogP) is 2.73. The van der Waals surface area contributed by atoms with Crippen LogP contribution in [-0.4, -0.2) is 27.3 Å². The Balaban J connectivity index is 1.54. The zero-order valence-corrected chi connectivity index (χ0v) is 14.3. The summed E-state index contributed by atoms with van der Waals surface area (Å²) in [5, 5.41) is 10.7. The molecule has 24 heavy (non-hydrogen) atoms. The molecule has 0 aliphatic carbocycles. The topological polar surface area (TPSA) is 69.0 Å². The number of para-hydroxylation sites is 1. The van der Waals surface area contributed by atoms with Crippen LogP contribution in [0.3, 0.4) is 0 Å². The third-order valence-corrected chi connectivity index (χ3v) is 3.81. The van der Waals surface area contributed by atoms with E-state index in [1.54, 1.807) is 18.5 Å². The lowest BCUT2D eigenvalue weighted by Gasteiger charge is -2.09. The number of hydrogen-bond donors (Lipinski definition) is 1. The van der Waals surface area contributed by atoms with Crippen LogP contribution in [0.15, 0.2) is 65.4 Å². The third kappa shape index (κ3) is 4.20. The van der Waals surface area contributed by atoms with Crippen LogP contribution in [0.25, 0.3) is 5.69 Å². The molecule has 7 heteroatoms. The summed E-state index contributed by atoms with van der Waals surface area (Å²) in [4.78, 5) is 11.9. The fraction of sp³-hybridized carbons (Fsp3) is 0.118. The van der Waals surface area contributed by atoms with Gasteiger partial charge in [-0.25, -0.2) is 0 Å². The summed E-state index contributed by atoms with van der Waals surface area (Å²) >= 11 is 3.35. The number of rotatable bonds is 6. The molecule has 0 aliphatic rings. The summed E-state index contributed by atoms with van der Waals surface area (Å²) in [6, 6.07) is 17.0. The minimum atomic E-state index is -0.222. The highest BCUT2D eigenvalue weighted by Crippen LogP contribution is 2.15. The van der Waals surface area contributed by atoms with E-state index in [-0.39, 0.29) is 19.1 Å². The fourth-order valence-electron chi connectivity index (χ4n) is 2.09. The second kappa shape index (κ2) is 7.74. The van der Waals surface area contributed by atoms with Crippen molar-refractivity contribution in [2.75, 3.05) is 6.61 Å². The van der Waals surface area contributed by atoms with Gasteiger partial charge in [0.2, 0.25) is 0 Å². The van der Waals surface area contributed by atoms with Gasteiger partial charge in [-0.1, -0.05) is 34.1 Å². The molecule has 0 bridgehead atoms. The summed E-state index contributed by atoms with van der Waals surface area (Å²) in [6.07, 6.45) is 1.62. The van der Waals surface area contributed by atoms with E-state index in [1.165, 1.54) is 0 Å². The summed E-state index contributed by atoms with van der Waals surface area (Å²) in [7, 11) is 0. The summed E-state index contributed by atoms with van der Waals surface area (Å²) in [5.41, 5.74) is 0.942. The second-order valence-corrected chi connectivity index (χ2v) is 5.89. The van der Waals surface area contributed by atoms with E-state index in [0.717, 1.165) is 10.2 Å². The van der Waals surface area contributed by atoms with Crippen molar-refractivity contribution in [1.29, 1.82) is 0 Å². The van der Waals surface area contributed by atoms with E-state index in [9.17, 15) is 4.79 Å². The van der Waals surface area contributed by atoms with E-state index in [4.69, 9.17) is 4.74 Å². The predicted molar refractivity (Wildman–Crippen MR) is 92.8 cm³/mol. The molecule has 0 saturated carbocycles. The molecule has 2 aromatic carbocycles. The van der Waals surface area contributed by atoms with Crippen LogP contribution in [0.2, 0.25) is 0 Å². The van der Waals surface area contributed by atoms with E-state index in [2.05, 4.69) is 31.4 Å². The van der Waals surface area contributed by atoms with Crippen molar-refractivity contribution >= 4 is 21.8 Å². The number of amides is 1. The van der Waals surface area contributed by atoms with Crippen molar-refractivity contribution < 1.29 is 9.53 Å². The van der Waals surface area contributed by atoms with Crippen molar-refractivity contribution in [3.63, 3.8) is 0 Å². The van der Waals surface area contributed by atoms with E-state index >= 15 is 0 Å². The molecule has 0 spiro atoms. The molecule has 0 atom stereocenters. The number of ether oxygens (including phenoxy) is 1. The lowest BCUT2D eigenvalue weighted by atomic mass is 10.3. The van der Waals surface area contributed by atoms with Gasteiger partial charge < -0.3 is 10.1 Å². The van der Waals surface area contributed by atoms with Crippen molar-refractivity contribution in [3.8, 4) is 11.4 Å². The summed E-state index contributed by atoms with van der Waals surface area (Å²) in [6.45, 7) is 0.221. The van der Waals surface area contributed by atoms with Crippen LogP contribution in [0.5, 0.6) is 5.75 Å². The molecule has 1 heterocycles. The van der Waals surface area contributed by atoms with Gasteiger partial charge in [-0.05, 0) is 36.4 Å². The highest BCUT2D eigenvalue weighted by atomic mass is 79.9. The maximum atomic E-state index is 11.9. The highest BCUT2D eigenvalue weighted by Gasteiger charge is 2.08. The van der Waals surface area contributed by atoms with Crippen LogP contribution in [0.1, 0.15) is 5.82 Å². The Labute approximate surface area is 147 Å². The average Bonchev–Trinajstić information content (AvgIpc) is 3.09. The molecule has 1 N–H and O–H groups in total. The van der Waals surface area contributed by atoms with Gasteiger partial charge in [0.15, 0.2) is 12.4 Å². The van der Waals surface area contributed by atoms with Gasteiger partial charge in [0.1, 0.15) is 12.1 Å². The standard InChI is InChI=1S/C17H15BrN4O2/c18-13-6-8-15(9-7-13)24-11-17(23)19-10-16-21-20-12-22(16)14-4-2-1-3-5-14/h1-9,12H,10-11H2,(H,19,23). The third-order valence-electron chi connectivity index (χ3n) is 3.28. The summed E-state index contributed by atoms with van der Waals surface area (Å²) in [5.74, 6) is 1.07. The molecule has 122 valence electrons. The van der Waals surface area contributed by atoms with Crippen molar-refractivity contribution in [2.45, 2.75) is 6.54 Å². The first-order valence-electron chi connectivity index (χ1n) is 7.32. The van der Waals surface area contributed by atoms with Crippen LogP contribution < -0.4 is 10.1 Å². The number of hydrogen-bond acceptors (Lipinski definition) is 4. The van der Waals surface area contributed by atoms with Crippen molar-refractivity contribution in [3.05, 3.63) is 71.2 Å². The van der Waals surface area contributed by atoms with Gasteiger partial charge in [-0.15, -0.1) is 10.2 Å². The van der Waals surface area contributed by atoms with Gasteiger partial charge in [0, 0.05) is 10.2 Å². The summed E-state index contributed by atoms with van der Waals surface area (Å²) < 4.78 is 8.22. The first-order valence-corrected chi connectivity index (χ1v) is 8.11. The molecule has 0 fully saturated rings. The van der Waals surface area contributed by atoms with E-state index < -0.39 is 0 Å². The monoisotopic (exact) mass is 386 g/mol. The molecule has 6 nitrogen and oxygen atoms in total. The Kier molecular flexibility index (Phi) is 5.22. The largest absolute Gasteiger partial charge is 0.484 e. The number of benzene rings is 2. The molecule has 1 amide bonds. The Morgan fingerprint density at radius 3 is 2.62 bits per heavy atom. The van der Waals surface area contributed by atoms with Crippen molar-refractivity contribution in [2.24, 2.45) is 0 Å². The number of halogens is 1. The second-order valence-electron chi connectivity index (χ2n) is 4.97. The van der Waals surface area contributed by atoms with Crippen LogP contribution in [0.4, 0.5) is 0 Å². The number of nitrogens with one attached hydrogen (secondary N) is 1. The smallest absolute Gasteiger partial charge is 0.258 e. The quantitative estimate of drug-likeness (QED) is 0.706. The van der Waals surface area contributed by atoms with Gasteiger partial charge in [0.25, 0.3) is 5.91 Å². The molecule has 0 unspecified atom stereocenters. The Bertz CT molecular complexity index is 803. The SMILES string of the molecule is O=C(COc1ccc(Br)cc1)NCc1nncn1-c1ccccc1. The van der Waals surface area contributed by atoms with Gasteiger partial charge in [0.05, 0.1) is 6.54 Å². The van der Waals surface area contributed by atoms with E-state index in [0.29, 0.717) is 11.6 Å². The highest BCUT2D eigenvalue weighted by molar-refractivity contribution is 9.10. The van der Waals surface area contributed by atoms with Crippen LogP contribution in [-0.2, 0) is 11.3 Å². The van der Waals surface area contributed by atoms with Gasteiger partial charge in [-0.3, -0.25) is 9.36 Å². The molecule has 0 aliphatic heterocycles. The van der Waals surface area contributed by atoms with Crippen LogP contribution in [0, 0.1) is 0 Å². The first-order chi connectivity index (χ1) is 11.7. The molecule has 0 saturated heterocycles. The Morgan fingerprint density at radius 2 is 1.88 bits per heavy atom. The maximum Gasteiger partial charge on any atom is 0.258 e. The Hall–Kier alpha value is -2.67. The zero-order chi connectivity index (χ0) is 16.8. The first kappa shape index (κ1) is 16.2. The normalized spacial score (nSPS) is 10.4. The molecule has 0 radical (unpaired) electrons. The number of carbonyl (C=O) groups excluding carboxylic acids is 1. The number of nitrogens with zero attached hydrogens (tertiary/aromatic N) is 3. The lowest BCUT2D eigenvalue weighted by Crippen LogP contribution is -2.29. The average molecular weight is 387 g/mol. The van der Waals surface area contributed by atoms with E-state index in [1.807, 2.05) is 47.0 Å². The fourth-order valence-corrected chi connectivity index (χ4v) is 2.36. The molecule has 3 aromatic rings. The van der Waals surface area contributed by atoms with Gasteiger partial charge in [-0.2, -0.15) is 0 Å². The number of carbonyl (C=O) groups is 1. The molecule has 3 rings (SSSR count). The minimum absolute atomic E-state index is 0.0545.